The molecule has 2 aromatic heterocycles. The minimum Gasteiger partial charge on any atom is -0.357 e. The quantitative estimate of drug-likeness (QED) is 0.831. The highest BCUT2D eigenvalue weighted by atomic mass is 15.4. The average molecular weight is 233 g/mol. The van der Waals surface area contributed by atoms with E-state index in [0.717, 1.165) is 6.54 Å². The Balaban J connectivity index is 2.46. The number of nitrogens with zero attached hydrogens (tertiary/aromatic N) is 6. The Morgan fingerprint density at radius 3 is 2.76 bits per heavy atom. The Bertz CT molecular complexity index is 479. The molecule has 0 aliphatic heterocycles. The third kappa shape index (κ3) is 2.32. The fourth-order valence-electron chi connectivity index (χ4n) is 1.27. The molecule has 0 unspecified atom stereocenters. The molecule has 7 nitrogen and oxygen atoms in total. The van der Waals surface area contributed by atoms with Crippen LogP contribution >= 0.6 is 0 Å². The third-order valence-corrected chi connectivity index (χ3v) is 2.36. The second-order valence-electron chi connectivity index (χ2n) is 3.47. The van der Waals surface area contributed by atoms with Gasteiger partial charge in [-0.15, -0.1) is 0 Å². The van der Waals surface area contributed by atoms with Crippen molar-refractivity contribution < 1.29 is 0 Å². The second kappa shape index (κ2) is 4.77. The van der Waals surface area contributed by atoms with Gasteiger partial charge in [-0.25, -0.2) is 4.68 Å². The van der Waals surface area contributed by atoms with Crippen LogP contribution < -0.4 is 10.2 Å². The van der Waals surface area contributed by atoms with Crippen LogP contribution in [-0.4, -0.2) is 45.4 Å². The van der Waals surface area contributed by atoms with E-state index in [1.807, 2.05) is 24.9 Å². The zero-order valence-electron chi connectivity index (χ0n) is 10.1. The molecule has 0 fully saturated rings. The van der Waals surface area contributed by atoms with Crippen LogP contribution in [0.5, 0.6) is 0 Å². The van der Waals surface area contributed by atoms with Gasteiger partial charge in [-0.2, -0.15) is 20.1 Å². The first-order valence-electron chi connectivity index (χ1n) is 5.39. The van der Waals surface area contributed by atoms with E-state index in [9.17, 15) is 0 Å². The van der Waals surface area contributed by atoms with Crippen LogP contribution in [0.3, 0.4) is 0 Å². The summed E-state index contributed by atoms with van der Waals surface area (Å²) in [5, 5.41) is 7.02. The Hall–Kier alpha value is -2.18. The largest absolute Gasteiger partial charge is 0.357 e. The molecule has 0 saturated heterocycles. The van der Waals surface area contributed by atoms with Crippen molar-refractivity contribution >= 4 is 11.9 Å². The van der Waals surface area contributed by atoms with Gasteiger partial charge in [0.05, 0.1) is 0 Å². The van der Waals surface area contributed by atoms with E-state index >= 15 is 0 Å². The maximum Gasteiger partial charge on any atom is 0.257 e. The van der Waals surface area contributed by atoms with Crippen molar-refractivity contribution in [2.24, 2.45) is 0 Å². The molecule has 0 aliphatic carbocycles. The summed E-state index contributed by atoms with van der Waals surface area (Å²) in [5.74, 6) is 1.66. The summed E-state index contributed by atoms with van der Waals surface area (Å²) >= 11 is 0. The predicted molar refractivity (Wildman–Crippen MR) is 65.4 cm³/mol. The zero-order valence-corrected chi connectivity index (χ0v) is 10.1. The van der Waals surface area contributed by atoms with Gasteiger partial charge in [-0.3, -0.25) is 0 Å². The van der Waals surface area contributed by atoms with Crippen molar-refractivity contribution in [2.75, 3.05) is 30.9 Å². The lowest BCUT2D eigenvalue weighted by Gasteiger charge is -2.15. The molecule has 0 radical (unpaired) electrons. The Morgan fingerprint density at radius 2 is 2.18 bits per heavy atom. The predicted octanol–water partition coefficient (Wildman–Crippen LogP) is 0.555. The van der Waals surface area contributed by atoms with E-state index in [4.69, 9.17) is 0 Å². The topological polar surface area (TPSA) is 71.8 Å². The Morgan fingerprint density at radius 1 is 1.35 bits per heavy atom. The highest BCUT2D eigenvalue weighted by Gasteiger charge is 2.09. The van der Waals surface area contributed by atoms with E-state index < -0.39 is 0 Å². The molecule has 2 rings (SSSR count). The van der Waals surface area contributed by atoms with Gasteiger partial charge in [0.1, 0.15) is 0 Å². The fraction of sp³-hybridized carbons (Fsp3) is 0.400. The van der Waals surface area contributed by atoms with Gasteiger partial charge >= 0.3 is 0 Å². The van der Waals surface area contributed by atoms with E-state index in [1.165, 1.54) is 0 Å². The SMILES string of the molecule is CCN(C)c1nc(NC)nc(-n2cccn2)n1. The zero-order chi connectivity index (χ0) is 12.3. The highest BCUT2D eigenvalue weighted by Crippen LogP contribution is 2.10. The van der Waals surface area contributed by atoms with E-state index in [2.05, 4.69) is 25.4 Å². The highest BCUT2D eigenvalue weighted by molar-refractivity contribution is 5.38. The molecular formula is C10H15N7. The summed E-state index contributed by atoms with van der Waals surface area (Å²) in [5.41, 5.74) is 0. The molecular weight excluding hydrogens is 218 g/mol. The van der Waals surface area contributed by atoms with E-state index in [-0.39, 0.29) is 0 Å². The maximum atomic E-state index is 4.36. The molecule has 17 heavy (non-hydrogen) atoms. The summed E-state index contributed by atoms with van der Waals surface area (Å²) < 4.78 is 1.61. The van der Waals surface area contributed by atoms with Crippen molar-refractivity contribution in [2.45, 2.75) is 6.92 Å². The first kappa shape index (κ1) is 11.3. The van der Waals surface area contributed by atoms with E-state index in [1.54, 1.807) is 24.1 Å². The second-order valence-corrected chi connectivity index (χ2v) is 3.47. The molecule has 0 saturated carbocycles. The van der Waals surface area contributed by atoms with Crippen LogP contribution in [0.15, 0.2) is 18.5 Å². The third-order valence-electron chi connectivity index (χ3n) is 2.36. The van der Waals surface area contributed by atoms with E-state index in [0.29, 0.717) is 17.8 Å². The lowest BCUT2D eigenvalue weighted by atomic mass is 10.6. The molecule has 90 valence electrons. The molecule has 1 N–H and O–H groups in total. The molecule has 0 spiro atoms. The molecule has 0 aromatic carbocycles. The van der Waals surface area contributed by atoms with Gasteiger partial charge in [-0.1, -0.05) is 0 Å². The van der Waals surface area contributed by atoms with Crippen LogP contribution in [0.4, 0.5) is 11.9 Å². The number of anilines is 2. The van der Waals surface area contributed by atoms with Crippen molar-refractivity contribution in [1.29, 1.82) is 0 Å². The average Bonchev–Trinajstić information content (AvgIpc) is 2.91. The van der Waals surface area contributed by atoms with Crippen LogP contribution in [0.25, 0.3) is 5.95 Å². The molecule has 0 bridgehead atoms. The minimum atomic E-state index is 0.504. The number of aromatic nitrogens is 5. The minimum absolute atomic E-state index is 0.504. The summed E-state index contributed by atoms with van der Waals surface area (Å²) in [6.07, 6.45) is 3.48. The molecule has 7 heteroatoms. The number of hydrogen-bond donors (Lipinski definition) is 1. The van der Waals surface area contributed by atoms with Gasteiger partial charge < -0.3 is 10.2 Å². The van der Waals surface area contributed by atoms with Gasteiger partial charge in [0.15, 0.2) is 0 Å². The summed E-state index contributed by atoms with van der Waals surface area (Å²) in [6, 6.07) is 1.83. The molecule has 2 aromatic rings. The molecule has 0 amide bonds. The smallest absolute Gasteiger partial charge is 0.257 e. The lowest BCUT2D eigenvalue weighted by molar-refractivity contribution is 0.781. The fourth-order valence-corrected chi connectivity index (χ4v) is 1.27. The Labute approximate surface area is 99.5 Å². The van der Waals surface area contributed by atoms with Gasteiger partial charge in [-0.05, 0) is 13.0 Å². The normalized spacial score (nSPS) is 10.3. The van der Waals surface area contributed by atoms with Crippen molar-refractivity contribution in [3.8, 4) is 5.95 Å². The van der Waals surface area contributed by atoms with Crippen molar-refractivity contribution in [1.82, 2.24) is 24.7 Å². The van der Waals surface area contributed by atoms with Gasteiger partial charge in [0.2, 0.25) is 11.9 Å². The van der Waals surface area contributed by atoms with Crippen LogP contribution in [0, 0.1) is 0 Å². The van der Waals surface area contributed by atoms with Crippen LogP contribution in [-0.2, 0) is 0 Å². The number of rotatable bonds is 4. The first-order chi connectivity index (χ1) is 8.24. The van der Waals surface area contributed by atoms with Gasteiger partial charge in [0, 0.05) is 33.0 Å². The summed E-state index contributed by atoms with van der Waals surface area (Å²) in [6.45, 7) is 2.86. The van der Waals surface area contributed by atoms with Crippen LogP contribution in [0.2, 0.25) is 0 Å². The van der Waals surface area contributed by atoms with Gasteiger partial charge in [0.25, 0.3) is 5.95 Å². The monoisotopic (exact) mass is 233 g/mol. The first-order valence-corrected chi connectivity index (χ1v) is 5.39. The lowest BCUT2D eigenvalue weighted by Crippen LogP contribution is -2.21. The molecule has 0 atom stereocenters. The van der Waals surface area contributed by atoms with Crippen molar-refractivity contribution in [3.63, 3.8) is 0 Å². The molecule has 0 aliphatic rings. The standard InChI is InChI=1S/C10H15N7/c1-4-16(3)9-13-8(11-2)14-10(15-9)17-7-5-6-12-17/h5-7H,4H2,1-3H3,(H,11,13,14,15). The number of hydrogen-bond acceptors (Lipinski definition) is 6. The number of nitrogens with one attached hydrogen (secondary N) is 1. The maximum absolute atomic E-state index is 4.36. The van der Waals surface area contributed by atoms with Crippen LogP contribution in [0.1, 0.15) is 6.92 Å². The summed E-state index contributed by atoms with van der Waals surface area (Å²) in [7, 11) is 3.71. The molecule has 2 heterocycles. The summed E-state index contributed by atoms with van der Waals surface area (Å²) in [4.78, 5) is 14.8. The van der Waals surface area contributed by atoms with Crippen molar-refractivity contribution in [3.05, 3.63) is 18.5 Å². The Kier molecular flexibility index (Phi) is 3.17.